The van der Waals surface area contributed by atoms with Crippen LogP contribution in [0.2, 0.25) is 0 Å². The maximum Gasteiger partial charge on any atom is 0.328 e. The lowest BCUT2D eigenvalue weighted by atomic mass is 10.1. The first-order valence-corrected chi connectivity index (χ1v) is 6.94. The number of aryl methyl sites for hydroxylation is 1. The van der Waals surface area contributed by atoms with Crippen LogP contribution < -0.4 is 10.4 Å². The number of hydrogen-bond acceptors (Lipinski definition) is 5. The van der Waals surface area contributed by atoms with E-state index in [1.807, 2.05) is 24.3 Å². The molecule has 0 aliphatic carbocycles. The molecule has 7 nitrogen and oxygen atoms in total. The third-order valence-electron chi connectivity index (χ3n) is 3.39. The predicted octanol–water partition coefficient (Wildman–Crippen LogP) is 1.18. The molecule has 2 heterocycles. The molecule has 114 valence electrons. The number of benzene rings is 1. The van der Waals surface area contributed by atoms with Crippen molar-refractivity contribution in [2.45, 2.75) is 13.0 Å². The Morgan fingerprint density at radius 2 is 2.27 bits per heavy atom. The molecular weight excluding hydrogens is 284 g/mol. The van der Waals surface area contributed by atoms with Gasteiger partial charge in [0.2, 0.25) is 0 Å². The van der Waals surface area contributed by atoms with Gasteiger partial charge in [0.25, 0.3) is 0 Å². The van der Waals surface area contributed by atoms with Gasteiger partial charge in [0.15, 0.2) is 11.3 Å². The molecule has 0 amide bonds. The lowest BCUT2D eigenvalue weighted by Crippen LogP contribution is -2.17. The number of imidazole rings is 1. The van der Waals surface area contributed by atoms with E-state index >= 15 is 0 Å². The number of methoxy groups -OCH3 is 1. The number of aromatic nitrogens is 4. The Morgan fingerprint density at radius 3 is 3.05 bits per heavy atom. The second-order valence-corrected chi connectivity index (χ2v) is 4.82. The fraction of sp³-hybridized carbons (Fsp3) is 0.267. The summed E-state index contributed by atoms with van der Waals surface area (Å²) in [6, 6.07) is 7.48. The normalized spacial score (nSPS) is 11.0. The molecule has 1 aromatic carbocycles. The molecular formula is C15H16N4O3. The number of ether oxygens (including phenoxy) is 1. The van der Waals surface area contributed by atoms with Gasteiger partial charge in [0, 0.05) is 18.7 Å². The van der Waals surface area contributed by atoms with Gasteiger partial charge in [-0.05, 0) is 18.6 Å². The van der Waals surface area contributed by atoms with Crippen LogP contribution in [0.15, 0.2) is 35.3 Å². The largest absolute Gasteiger partial charge is 0.497 e. The van der Waals surface area contributed by atoms with E-state index < -0.39 is 0 Å². The van der Waals surface area contributed by atoms with Crippen molar-refractivity contribution < 1.29 is 9.84 Å². The number of aliphatic hydroxyl groups is 1. The maximum atomic E-state index is 11.9. The molecule has 22 heavy (non-hydrogen) atoms. The topological polar surface area (TPSA) is 93.0 Å². The fourth-order valence-corrected chi connectivity index (χ4v) is 2.28. The van der Waals surface area contributed by atoms with E-state index in [2.05, 4.69) is 15.0 Å². The summed E-state index contributed by atoms with van der Waals surface area (Å²) in [5.41, 5.74) is 2.17. The second-order valence-electron chi connectivity index (χ2n) is 4.82. The quantitative estimate of drug-likeness (QED) is 0.738. The Hall–Kier alpha value is -2.67. The summed E-state index contributed by atoms with van der Waals surface area (Å²) < 4.78 is 6.70. The Kier molecular flexibility index (Phi) is 3.88. The highest BCUT2D eigenvalue weighted by Crippen LogP contribution is 2.22. The molecule has 0 atom stereocenters. The highest BCUT2D eigenvalue weighted by atomic mass is 16.5. The van der Waals surface area contributed by atoms with Gasteiger partial charge >= 0.3 is 5.69 Å². The van der Waals surface area contributed by atoms with Crippen LogP contribution in [0, 0.1) is 0 Å². The van der Waals surface area contributed by atoms with Gasteiger partial charge in [0.1, 0.15) is 5.75 Å². The van der Waals surface area contributed by atoms with Gasteiger partial charge in [-0.25, -0.2) is 14.8 Å². The number of aliphatic hydroxyl groups excluding tert-OH is 1. The van der Waals surface area contributed by atoms with E-state index in [1.165, 1.54) is 4.57 Å². The third kappa shape index (κ3) is 2.58. The number of fused-ring (bicyclic) bond motifs is 1. The molecule has 0 bridgehead atoms. The fourth-order valence-electron chi connectivity index (χ4n) is 2.28. The zero-order valence-corrected chi connectivity index (χ0v) is 12.1. The molecule has 0 radical (unpaired) electrons. The summed E-state index contributed by atoms with van der Waals surface area (Å²) in [4.78, 5) is 23.4. The Balaban J connectivity index is 2.09. The van der Waals surface area contributed by atoms with Crippen LogP contribution in [-0.2, 0) is 6.54 Å². The summed E-state index contributed by atoms with van der Waals surface area (Å²) in [6.45, 7) is 0.410. The van der Waals surface area contributed by atoms with Gasteiger partial charge in [-0.15, -0.1) is 0 Å². The molecule has 0 aliphatic heterocycles. The first-order chi connectivity index (χ1) is 10.7. The standard InChI is InChI=1S/C15H16N4O3/c1-22-11-5-2-4-10(8-11)12-9-16-13-14(17-12)19(6-3-7-20)15(21)18-13/h2,4-5,8-9,20H,3,6-7H2,1H3,(H,16,18,21). The lowest BCUT2D eigenvalue weighted by Gasteiger charge is -2.05. The molecule has 3 rings (SSSR count). The van der Waals surface area contributed by atoms with Crippen molar-refractivity contribution in [3.05, 3.63) is 40.9 Å². The molecule has 7 heteroatoms. The molecule has 0 saturated heterocycles. The van der Waals surface area contributed by atoms with Crippen LogP contribution in [0.5, 0.6) is 5.75 Å². The minimum Gasteiger partial charge on any atom is -0.497 e. The molecule has 0 aliphatic rings. The number of rotatable bonds is 5. The van der Waals surface area contributed by atoms with Crippen molar-refractivity contribution in [2.24, 2.45) is 0 Å². The summed E-state index contributed by atoms with van der Waals surface area (Å²) in [6.07, 6.45) is 2.10. The Morgan fingerprint density at radius 1 is 1.41 bits per heavy atom. The average molecular weight is 300 g/mol. The monoisotopic (exact) mass is 300 g/mol. The average Bonchev–Trinajstić information content (AvgIpc) is 2.87. The van der Waals surface area contributed by atoms with Crippen molar-refractivity contribution in [2.75, 3.05) is 13.7 Å². The van der Waals surface area contributed by atoms with E-state index in [0.29, 0.717) is 30.0 Å². The van der Waals surface area contributed by atoms with Crippen LogP contribution in [0.1, 0.15) is 6.42 Å². The molecule has 0 fully saturated rings. The van der Waals surface area contributed by atoms with Crippen molar-refractivity contribution >= 4 is 11.3 Å². The first kappa shape index (κ1) is 14.3. The van der Waals surface area contributed by atoms with E-state index in [4.69, 9.17) is 9.84 Å². The zero-order chi connectivity index (χ0) is 15.5. The number of hydrogen-bond donors (Lipinski definition) is 2. The van der Waals surface area contributed by atoms with Crippen LogP contribution in [-0.4, -0.2) is 38.3 Å². The molecule has 3 aromatic rings. The SMILES string of the molecule is COc1cccc(-c2cnc3[nH]c(=O)n(CCCO)c3n2)c1. The molecule has 0 unspecified atom stereocenters. The number of nitrogens with one attached hydrogen (secondary N) is 1. The number of H-pyrrole nitrogens is 1. The van der Waals surface area contributed by atoms with Gasteiger partial charge in [-0.2, -0.15) is 0 Å². The summed E-state index contributed by atoms with van der Waals surface area (Å²) in [5, 5.41) is 8.94. The Labute approximate surface area is 126 Å². The van der Waals surface area contributed by atoms with Gasteiger partial charge < -0.3 is 9.84 Å². The van der Waals surface area contributed by atoms with Crippen LogP contribution >= 0.6 is 0 Å². The molecule has 2 N–H and O–H groups in total. The number of nitrogens with zero attached hydrogens (tertiary/aromatic N) is 3. The van der Waals surface area contributed by atoms with Gasteiger partial charge in [0.05, 0.1) is 19.0 Å². The summed E-state index contributed by atoms with van der Waals surface area (Å²) in [5.74, 6) is 0.728. The van der Waals surface area contributed by atoms with E-state index in [1.54, 1.807) is 13.3 Å². The van der Waals surface area contributed by atoms with Crippen molar-refractivity contribution in [1.82, 2.24) is 19.5 Å². The lowest BCUT2D eigenvalue weighted by molar-refractivity contribution is 0.280. The van der Waals surface area contributed by atoms with Gasteiger partial charge in [-0.3, -0.25) is 9.55 Å². The van der Waals surface area contributed by atoms with Crippen molar-refractivity contribution in [1.29, 1.82) is 0 Å². The third-order valence-corrected chi connectivity index (χ3v) is 3.39. The first-order valence-electron chi connectivity index (χ1n) is 6.94. The van der Waals surface area contributed by atoms with Crippen molar-refractivity contribution in [3.63, 3.8) is 0 Å². The molecule has 0 saturated carbocycles. The summed E-state index contributed by atoms with van der Waals surface area (Å²) in [7, 11) is 1.60. The smallest absolute Gasteiger partial charge is 0.328 e. The highest BCUT2D eigenvalue weighted by molar-refractivity contribution is 5.71. The minimum absolute atomic E-state index is 0.0160. The number of aromatic amines is 1. The zero-order valence-electron chi connectivity index (χ0n) is 12.1. The van der Waals surface area contributed by atoms with E-state index in [0.717, 1.165) is 11.3 Å². The second kappa shape index (κ2) is 5.98. The predicted molar refractivity (Wildman–Crippen MR) is 81.8 cm³/mol. The van der Waals surface area contributed by atoms with Crippen LogP contribution in [0.3, 0.4) is 0 Å². The summed E-state index contributed by atoms with van der Waals surface area (Å²) >= 11 is 0. The van der Waals surface area contributed by atoms with E-state index in [-0.39, 0.29) is 12.3 Å². The highest BCUT2D eigenvalue weighted by Gasteiger charge is 2.11. The van der Waals surface area contributed by atoms with Gasteiger partial charge in [-0.1, -0.05) is 12.1 Å². The van der Waals surface area contributed by atoms with Crippen LogP contribution in [0.25, 0.3) is 22.6 Å². The minimum atomic E-state index is -0.272. The molecule has 0 spiro atoms. The van der Waals surface area contributed by atoms with Crippen molar-refractivity contribution in [3.8, 4) is 17.0 Å². The van der Waals surface area contributed by atoms with Crippen LogP contribution in [0.4, 0.5) is 0 Å². The maximum absolute atomic E-state index is 11.9. The Bertz CT molecular complexity index is 853. The van der Waals surface area contributed by atoms with E-state index in [9.17, 15) is 4.79 Å². The molecule has 2 aromatic heterocycles.